The third-order valence-corrected chi connectivity index (χ3v) is 3.10. The van der Waals surface area contributed by atoms with Gasteiger partial charge in [-0.25, -0.2) is 0 Å². The summed E-state index contributed by atoms with van der Waals surface area (Å²) in [5.74, 6) is 1.17. The molecule has 0 amide bonds. The van der Waals surface area contributed by atoms with Crippen LogP contribution in [0.3, 0.4) is 0 Å². The van der Waals surface area contributed by atoms with E-state index in [1.807, 2.05) is 24.3 Å². The van der Waals surface area contributed by atoms with Gasteiger partial charge in [0, 0.05) is 13.0 Å². The summed E-state index contributed by atoms with van der Waals surface area (Å²) in [5.41, 5.74) is 2.59. The van der Waals surface area contributed by atoms with Crippen molar-refractivity contribution in [2.75, 3.05) is 6.61 Å². The normalized spacial score (nSPS) is 12.6. The molecule has 0 saturated carbocycles. The van der Waals surface area contributed by atoms with Gasteiger partial charge in [0.2, 0.25) is 0 Å². The zero-order valence-corrected chi connectivity index (χ0v) is 10.1. The predicted molar refractivity (Wildman–Crippen MR) is 67.9 cm³/mol. The van der Waals surface area contributed by atoms with Gasteiger partial charge in [0.25, 0.3) is 0 Å². The Balaban J connectivity index is 2.03. The van der Waals surface area contributed by atoms with E-state index in [0.29, 0.717) is 0 Å². The van der Waals surface area contributed by atoms with Crippen molar-refractivity contribution in [2.45, 2.75) is 19.8 Å². The van der Waals surface area contributed by atoms with Crippen molar-refractivity contribution in [1.29, 1.82) is 0 Å². The number of aliphatic hydroxyl groups excluding tert-OH is 1. The summed E-state index contributed by atoms with van der Waals surface area (Å²) in [4.78, 5) is 0. The van der Waals surface area contributed by atoms with Crippen LogP contribution in [0.4, 0.5) is 0 Å². The van der Waals surface area contributed by atoms with E-state index in [0.717, 1.165) is 18.6 Å². The van der Waals surface area contributed by atoms with E-state index in [4.69, 9.17) is 4.42 Å². The van der Waals surface area contributed by atoms with Crippen LogP contribution in [-0.4, -0.2) is 11.7 Å². The van der Waals surface area contributed by atoms with E-state index in [1.165, 1.54) is 11.1 Å². The average molecular weight is 230 g/mol. The van der Waals surface area contributed by atoms with E-state index in [1.54, 1.807) is 6.26 Å². The standard InChI is InChI=1S/C15H18O2/c1-12-5-2-3-6-14(12)9-13(11-16)10-15-7-4-8-17-15/h2-8,13,16H,9-11H2,1H3. The smallest absolute Gasteiger partial charge is 0.104 e. The van der Waals surface area contributed by atoms with Crippen molar-refractivity contribution < 1.29 is 9.52 Å². The largest absolute Gasteiger partial charge is 0.469 e. The Kier molecular flexibility index (Phi) is 3.99. The summed E-state index contributed by atoms with van der Waals surface area (Å²) >= 11 is 0. The van der Waals surface area contributed by atoms with Crippen molar-refractivity contribution in [1.82, 2.24) is 0 Å². The summed E-state index contributed by atoms with van der Waals surface area (Å²) in [5, 5.41) is 9.44. The highest BCUT2D eigenvalue weighted by Gasteiger charge is 2.12. The first-order chi connectivity index (χ1) is 8.29. The van der Waals surface area contributed by atoms with Gasteiger partial charge in [-0.05, 0) is 42.5 Å². The quantitative estimate of drug-likeness (QED) is 0.856. The van der Waals surface area contributed by atoms with Crippen molar-refractivity contribution in [2.24, 2.45) is 5.92 Å². The summed E-state index contributed by atoms with van der Waals surface area (Å²) in [6.07, 6.45) is 3.36. The van der Waals surface area contributed by atoms with E-state index in [-0.39, 0.29) is 12.5 Å². The van der Waals surface area contributed by atoms with Gasteiger partial charge >= 0.3 is 0 Å². The third kappa shape index (κ3) is 3.21. The lowest BCUT2D eigenvalue weighted by atomic mass is 9.93. The van der Waals surface area contributed by atoms with E-state index in [2.05, 4.69) is 19.1 Å². The van der Waals surface area contributed by atoms with Crippen molar-refractivity contribution in [3.8, 4) is 0 Å². The topological polar surface area (TPSA) is 33.4 Å². The highest BCUT2D eigenvalue weighted by Crippen LogP contribution is 2.17. The van der Waals surface area contributed by atoms with Gasteiger partial charge in [-0.3, -0.25) is 0 Å². The van der Waals surface area contributed by atoms with Gasteiger partial charge in [-0.2, -0.15) is 0 Å². The number of benzene rings is 1. The minimum Gasteiger partial charge on any atom is -0.469 e. The Bertz CT molecular complexity index is 446. The third-order valence-electron chi connectivity index (χ3n) is 3.10. The fraction of sp³-hybridized carbons (Fsp3) is 0.333. The van der Waals surface area contributed by atoms with Crippen LogP contribution >= 0.6 is 0 Å². The van der Waals surface area contributed by atoms with E-state index in [9.17, 15) is 5.11 Å². The van der Waals surface area contributed by atoms with Gasteiger partial charge in [0.1, 0.15) is 5.76 Å². The van der Waals surface area contributed by atoms with Crippen LogP contribution in [0.25, 0.3) is 0 Å². The summed E-state index contributed by atoms with van der Waals surface area (Å²) in [6, 6.07) is 12.2. The molecule has 1 aromatic heterocycles. The van der Waals surface area contributed by atoms with Gasteiger partial charge in [-0.15, -0.1) is 0 Å². The molecule has 2 nitrogen and oxygen atoms in total. The first-order valence-corrected chi connectivity index (χ1v) is 5.97. The number of hydrogen-bond donors (Lipinski definition) is 1. The lowest BCUT2D eigenvalue weighted by Crippen LogP contribution is -2.13. The van der Waals surface area contributed by atoms with E-state index >= 15 is 0 Å². The number of aryl methyl sites for hydroxylation is 1. The van der Waals surface area contributed by atoms with Crippen LogP contribution in [0.2, 0.25) is 0 Å². The van der Waals surface area contributed by atoms with Gasteiger partial charge in [0.15, 0.2) is 0 Å². The molecule has 0 spiro atoms. The number of furan rings is 1. The van der Waals surface area contributed by atoms with Crippen LogP contribution < -0.4 is 0 Å². The molecule has 90 valence electrons. The molecule has 1 aromatic carbocycles. The molecule has 1 atom stereocenters. The second-order valence-electron chi connectivity index (χ2n) is 4.46. The molecule has 0 radical (unpaired) electrons. The van der Waals surface area contributed by atoms with E-state index < -0.39 is 0 Å². The molecule has 0 fully saturated rings. The van der Waals surface area contributed by atoms with Gasteiger partial charge in [-0.1, -0.05) is 24.3 Å². The fourth-order valence-electron chi connectivity index (χ4n) is 2.06. The SMILES string of the molecule is Cc1ccccc1CC(CO)Cc1ccco1. The zero-order chi connectivity index (χ0) is 12.1. The van der Waals surface area contributed by atoms with Crippen LogP contribution in [0.1, 0.15) is 16.9 Å². The molecule has 2 heteroatoms. The van der Waals surface area contributed by atoms with Crippen molar-refractivity contribution in [3.05, 3.63) is 59.5 Å². The molecule has 1 unspecified atom stereocenters. The monoisotopic (exact) mass is 230 g/mol. The summed E-state index contributed by atoms with van der Waals surface area (Å²) in [7, 11) is 0. The molecule has 0 aliphatic rings. The Labute approximate surface area is 102 Å². The highest BCUT2D eigenvalue weighted by molar-refractivity contribution is 5.26. The molecule has 2 aromatic rings. The van der Waals surface area contributed by atoms with Gasteiger partial charge in [0.05, 0.1) is 6.26 Å². The van der Waals surface area contributed by atoms with Gasteiger partial charge < -0.3 is 9.52 Å². The van der Waals surface area contributed by atoms with Crippen LogP contribution in [0, 0.1) is 12.8 Å². The maximum Gasteiger partial charge on any atom is 0.104 e. The molecule has 17 heavy (non-hydrogen) atoms. The lowest BCUT2D eigenvalue weighted by molar-refractivity contribution is 0.219. The Morgan fingerprint density at radius 3 is 2.59 bits per heavy atom. The lowest BCUT2D eigenvalue weighted by Gasteiger charge is -2.14. The maximum absolute atomic E-state index is 9.44. The highest BCUT2D eigenvalue weighted by atomic mass is 16.3. The summed E-state index contributed by atoms with van der Waals surface area (Å²) in [6.45, 7) is 2.30. The minimum atomic E-state index is 0.190. The molecule has 0 bridgehead atoms. The minimum absolute atomic E-state index is 0.190. The molecular formula is C15H18O2. The molecule has 2 rings (SSSR count). The maximum atomic E-state index is 9.44. The van der Waals surface area contributed by atoms with Crippen LogP contribution in [0.15, 0.2) is 47.1 Å². The molecular weight excluding hydrogens is 212 g/mol. The van der Waals surface area contributed by atoms with Crippen molar-refractivity contribution in [3.63, 3.8) is 0 Å². The Morgan fingerprint density at radius 2 is 1.94 bits per heavy atom. The number of aliphatic hydroxyl groups is 1. The second-order valence-corrected chi connectivity index (χ2v) is 4.46. The molecule has 0 aliphatic carbocycles. The second kappa shape index (κ2) is 5.69. The van der Waals surface area contributed by atoms with Crippen molar-refractivity contribution >= 4 is 0 Å². The Hall–Kier alpha value is -1.54. The van der Waals surface area contributed by atoms with Crippen LogP contribution in [0.5, 0.6) is 0 Å². The average Bonchev–Trinajstić information content (AvgIpc) is 2.84. The first kappa shape index (κ1) is 11.9. The molecule has 0 saturated heterocycles. The zero-order valence-electron chi connectivity index (χ0n) is 10.1. The number of rotatable bonds is 5. The first-order valence-electron chi connectivity index (χ1n) is 5.97. The Morgan fingerprint density at radius 1 is 1.12 bits per heavy atom. The number of hydrogen-bond acceptors (Lipinski definition) is 2. The molecule has 0 aliphatic heterocycles. The molecule has 1 heterocycles. The predicted octanol–water partition coefficient (Wildman–Crippen LogP) is 2.98. The summed E-state index contributed by atoms with van der Waals surface area (Å²) < 4.78 is 5.32. The van der Waals surface area contributed by atoms with Crippen LogP contribution in [-0.2, 0) is 12.8 Å². The molecule has 1 N–H and O–H groups in total. The fourth-order valence-corrected chi connectivity index (χ4v) is 2.06.